The second-order valence-corrected chi connectivity index (χ2v) is 7.17. The van der Waals surface area contributed by atoms with E-state index in [1.165, 1.54) is 0 Å². The minimum absolute atomic E-state index is 0.177. The third kappa shape index (κ3) is 2.24. The Hall–Kier alpha value is -0.880. The van der Waals surface area contributed by atoms with Gasteiger partial charge in [-0.05, 0) is 33.6 Å². The van der Waals surface area contributed by atoms with Crippen LogP contribution in [0, 0.1) is 6.92 Å². The minimum atomic E-state index is -3.22. The Labute approximate surface area is 102 Å². The molecule has 0 radical (unpaired) electrons. The van der Waals surface area contributed by atoms with Crippen molar-refractivity contribution < 1.29 is 12.9 Å². The first-order chi connectivity index (χ1) is 7.93. The molecule has 1 aliphatic rings. The predicted octanol–water partition coefficient (Wildman–Crippen LogP) is 1.86. The van der Waals surface area contributed by atoms with E-state index >= 15 is 0 Å². The molecule has 0 amide bonds. The highest BCUT2D eigenvalue weighted by molar-refractivity contribution is 7.89. The summed E-state index contributed by atoms with van der Waals surface area (Å²) in [5, 5.41) is 3.43. The number of rotatable bonds is 3. The highest BCUT2D eigenvalue weighted by atomic mass is 32.2. The number of nitrogens with zero attached hydrogens (tertiary/aromatic N) is 2. The van der Waals surface area contributed by atoms with Crippen LogP contribution in [0.4, 0.5) is 0 Å². The monoisotopic (exact) mass is 258 g/mol. The Bertz CT molecular complexity index is 493. The maximum absolute atomic E-state index is 12.2. The van der Waals surface area contributed by atoms with Crippen molar-refractivity contribution >= 4 is 10.0 Å². The zero-order chi connectivity index (χ0) is 12.6. The summed E-state index contributed by atoms with van der Waals surface area (Å²) in [5.41, 5.74) is 0.786. The van der Waals surface area contributed by atoms with Crippen LogP contribution in [-0.4, -0.2) is 29.7 Å². The van der Waals surface area contributed by atoms with Gasteiger partial charge in [0.25, 0.3) is 0 Å². The lowest BCUT2D eigenvalue weighted by atomic mass is 10.2. The van der Waals surface area contributed by atoms with Crippen LogP contribution in [0.5, 0.6) is 0 Å². The Balaban J connectivity index is 2.30. The van der Waals surface area contributed by atoms with Gasteiger partial charge < -0.3 is 4.52 Å². The topological polar surface area (TPSA) is 63.4 Å². The molecule has 2 rings (SSSR count). The van der Waals surface area contributed by atoms with E-state index in [1.807, 2.05) is 13.0 Å². The van der Waals surface area contributed by atoms with E-state index in [-0.39, 0.29) is 6.04 Å². The second-order valence-electron chi connectivity index (χ2n) is 4.73. The van der Waals surface area contributed by atoms with Crippen LogP contribution >= 0.6 is 0 Å². The van der Waals surface area contributed by atoms with E-state index in [9.17, 15) is 8.42 Å². The summed E-state index contributed by atoms with van der Waals surface area (Å²) >= 11 is 0. The molecule has 0 aromatic carbocycles. The van der Waals surface area contributed by atoms with Crippen molar-refractivity contribution in [1.29, 1.82) is 0 Å². The minimum Gasteiger partial charge on any atom is -0.359 e. The summed E-state index contributed by atoms with van der Waals surface area (Å²) in [7, 11) is -3.22. The van der Waals surface area contributed by atoms with Gasteiger partial charge in [0.2, 0.25) is 10.0 Å². The van der Waals surface area contributed by atoms with Crippen LogP contribution in [0.1, 0.15) is 44.2 Å². The predicted molar refractivity (Wildman–Crippen MR) is 64.0 cm³/mol. The maximum atomic E-state index is 12.2. The largest absolute Gasteiger partial charge is 0.359 e. The summed E-state index contributed by atoms with van der Waals surface area (Å²) in [6, 6.07) is 1.64. The SMILES string of the molecule is Cc1cc(C2CCCN2S(=O)(=O)C(C)C)on1. The molecular weight excluding hydrogens is 240 g/mol. The third-order valence-electron chi connectivity index (χ3n) is 3.10. The van der Waals surface area contributed by atoms with E-state index in [0.29, 0.717) is 12.3 Å². The first-order valence-electron chi connectivity index (χ1n) is 5.87. The molecule has 1 saturated heterocycles. The van der Waals surface area contributed by atoms with Gasteiger partial charge >= 0.3 is 0 Å². The maximum Gasteiger partial charge on any atom is 0.217 e. The zero-order valence-electron chi connectivity index (χ0n) is 10.4. The Morgan fingerprint density at radius 2 is 2.24 bits per heavy atom. The molecule has 0 N–H and O–H groups in total. The highest BCUT2D eigenvalue weighted by Crippen LogP contribution is 2.35. The van der Waals surface area contributed by atoms with Gasteiger partial charge in [-0.3, -0.25) is 0 Å². The average molecular weight is 258 g/mol. The first kappa shape index (κ1) is 12.6. The molecule has 1 atom stereocenters. The Morgan fingerprint density at radius 1 is 1.53 bits per heavy atom. The molecule has 0 saturated carbocycles. The molecule has 1 aliphatic heterocycles. The lowest BCUT2D eigenvalue weighted by molar-refractivity contribution is 0.296. The molecule has 6 heteroatoms. The molecule has 1 aromatic heterocycles. The van der Waals surface area contributed by atoms with E-state index in [2.05, 4.69) is 5.16 Å². The molecule has 0 aliphatic carbocycles. The molecule has 96 valence electrons. The van der Waals surface area contributed by atoms with Crippen molar-refractivity contribution in [3.8, 4) is 0 Å². The Morgan fingerprint density at radius 3 is 2.76 bits per heavy atom. The molecule has 17 heavy (non-hydrogen) atoms. The van der Waals surface area contributed by atoms with Crippen LogP contribution in [0.2, 0.25) is 0 Å². The smallest absolute Gasteiger partial charge is 0.217 e. The number of hydrogen-bond acceptors (Lipinski definition) is 4. The summed E-state index contributed by atoms with van der Waals surface area (Å²) in [6.45, 7) is 5.82. The van der Waals surface area contributed by atoms with Crippen molar-refractivity contribution in [2.75, 3.05) is 6.54 Å². The van der Waals surface area contributed by atoms with Crippen molar-refractivity contribution in [3.63, 3.8) is 0 Å². The average Bonchev–Trinajstić information content (AvgIpc) is 2.84. The van der Waals surface area contributed by atoms with E-state index < -0.39 is 15.3 Å². The summed E-state index contributed by atoms with van der Waals surface area (Å²) in [6.07, 6.45) is 1.68. The molecule has 0 bridgehead atoms. The molecule has 1 fully saturated rings. The quantitative estimate of drug-likeness (QED) is 0.830. The molecule has 1 aromatic rings. The van der Waals surface area contributed by atoms with Gasteiger partial charge in [0.05, 0.1) is 17.0 Å². The van der Waals surface area contributed by atoms with Crippen molar-refractivity contribution in [1.82, 2.24) is 9.46 Å². The summed E-state index contributed by atoms with van der Waals surface area (Å²) in [5.74, 6) is 0.657. The summed E-state index contributed by atoms with van der Waals surface area (Å²) in [4.78, 5) is 0. The van der Waals surface area contributed by atoms with Crippen LogP contribution in [-0.2, 0) is 10.0 Å². The Kier molecular flexibility index (Phi) is 3.27. The molecular formula is C11H18N2O3S. The normalized spacial score (nSPS) is 22.5. The molecule has 2 heterocycles. The number of aromatic nitrogens is 1. The fourth-order valence-corrected chi connectivity index (χ4v) is 3.63. The number of hydrogen-bond donors (Lipinski definition) is 0. The van der Waals surface area contributed by atoms with E-state index in [0.717, 1.165) is 18.5 Å². The first-order valence-corrected chi connectivity index (χ1v) is 7.37. The van der Waals surface area contributed by atoms with E-state index in [1.54, 1.807) is 18.2 Å². The van der Waals surface area contributed by atoms with Crippen molar-refractivity contribution in [2.45, 2.75) is 44.9 Å². The molecule has 0 spiro atoms. The van der Waals surface area contributed by atoms with Crippen LogP contribution in [0.15, 0.2) is 10.6 Å². The fraction of sp³-hybridized carbons (Fsp3) is 0.727. The molecule has 5 nitrogen and oxygen atoms in total. The third-order valence-corrected chi connectivity index (χ3v) is 5.38. The molecule has 1 unspecified atom stereocenters. The van der Waals surface area contributed by atoms with Crippen molar-refractivity contribution in [2.24, 2.45) is 0 Å². The lowest BCUT2D eigenvalue weighted by Crippen LogP contribution is -2.35. The second kappa shape index (κ2) is 4.42. The summed E-state index contributed by atoms with van der Waals surface area (Å²) < 4.78 is 31.1. The van der Waals surface area contributed by atoms with Gasteiger partial charge in [-0.2, -0.15) is 4.31 Å². The highest BCUT2D eigenvalue weighted by Gasteiger charge is 2.38. The van der Waals surface area contributed by atoms with Gasteiger partial charge in [0.15, 0.2) is 5.76 Å². The van der Waals surface area contributed by atoms with Crippen molar-refractivity contribution in [3.05, 3.63) is 17.5 Å². The van der Waals surface area contributed by atoms with Gasteiger partial charge in [-0.15, -0.1) is 0 Å². The van der Waals surface area contributed by atoms with Gasteiger partial charge in [0, 0.05) is 12.6 Å². The number of aryl methyl sites for hydroxylation is 1. The van der Waals surface area contributed by atoms with Crippen LogP contribution < -0.4 is 0 Å². The van der Waals surface area contributed by atoms with Crippen LogP contribution in [0.3, 0.4) is 0 Å². The fourth-order valence-electron chi connectivity index (χ4n) is 2.14. The standard InChI is InChI=1S/C11H18N2O3S/c1-8(2)17(14,15)13-6-4-5-10(13)11-7-9(3)12-16-11/h7-8,10H,4-6H2,1-3H3. The zero-order valence-corrected chi connectivity index (χ0v) is 11.2. The van der Waals surface area contributed by atoms with Gasteiger partial charge in [-0.25, -0.2) is 8.42 Å². The van der Waals surface area contributed by atoms with Crippen LogP contribution in [0.25, 0.3) is 0 Å². The lowest BCUT2D eigenvalue weighted by Gasteiger charge is -2.24. The van der Waals surface area contributed by atoms with Gasteiger partial charge in [0.1, 0.15) is 0 Å². The number of sulfonamides is 1. The van der Waals surface area contributed by atoms with Gasteiger partial charge in [-0.1, -0.05) is 5.16 Å². The van der Waals surface area contributed by atoms with E-state index in [4.69, 9.17) is 4.52 Å².